The Labute approximate surface area is 140 Å². The summed E-state index contributed by atoms with van der Waals surface area (Å²) >= 11 is 6.63. The molecule has 2 rings (SSSR count). The molecule has 106 valence electrons. The van der Waals surface area contributed by atoms with Crippen LogP contribution in [0.2, 0.25) is 0 Å². The molecule has 21 heavy (non-hydrogen) atoms. The molecule has 0 heterocycles. The monoisotopic (exact) mass is 355 g/mol. The van der Waals surface area contributed by atoms with Crippen LogP contribution in [0.4, 0.5) is 11.4 Å². The molecule has 0 saturated carbocycles. The van der Waals surface area contributed by atoms with Crippen molar-refractivity contribution in [2.75, 3.05) is 16.9 Å². The summed E-state index contributed by atoms with van der Waals surface area (Å²) in [4.78, 5) is 0. The molecule has 0 unspecified atom stereocenters. The molecule has 0 radical (unpaired) electrons. The molecular formula is C15H16GaN3OS. The predicted octanol–water partition coefficient (Wildman–Crippen LogP) is 2.52. The van der Waals surface area contributed by atoms with Gasteiger partial charge < -0.3 is 5.11 Å². The van der Waals surface area contributed by atoms with Crippen molar-refractivity contribution >= 4 is 47.1 Å². The van der Waals surface area contributed by atoms with Gasteiger partial charge in [-0.25, -0.2) is 0 Å². The first kappa shape index (κ1) is 17.6. The summed E-state index contributed by atoms with van der Waals surface area (Å²) in [6.45, 7) is 1.57. The summed E-state index contributed by atoms with van der Waals surface area (Å²) in [6, 6.07) is 19.7. The number of rotatable bonds is 3. The van der Waals surface area contributed by atoms with Gasteiger partial charge in [-0.1, -0.05) is 6.92 Å². The van der Waals surface area contributed by atoms with Crippen LogP contribution in [0.25, 0.3) is 0 Å². The van der Waals surface area contributed by atoms with E-state index >= 15 is 0 Å². The summed E-state index contributed by atoms with van der Waals surface area (Å²) in [5.74, 6) is 0. The summed E-state index contributed by atoms with van der Waals surface area (Å²) in [7, 11) is 0. The standard InChI is InChI=1S/C13H11N3S.C2H5O.Ga/c14-16(12-9-5-2-6-10-12)13(17)15-11-7-3-1-4-8-11;1-2-3;/h1-10H,(H,15,17);2H2,1H3;/q;-1;+1. The normalized spacial score (nSPS) is 9.14. The number of hydrogen-bond acceptors (Lipinski definition) is 3. The van der Waals surface area contributed by atoms with Crippen LogP contribution in [0, 0.1) is 0 Å². The third-order valence-corrected chi connectivity index (χ3v) is 3.09. The van der Waals surface area contributed by atoms with Crippen LogP contribution >= 0.6 is 12.2 Å². The molecule has 0 aliphatic carbocycles. The Balaban J connectivity index is 0.000000677. The number of thiocarbonyl (C=S) groups is 1. The van der Waals surface area contributed by atoms with Gasteiger partial charge >= 0.3 is 122 Å². The predicted molar refractivity (Wildman–Crippen MR) is 90.3 cm³/mol. The van der Waals surface area contributed by atoms with Gasteiger partial charge in [-0.05, 0) is 0 Å². The minimum absolute atomic E-state index is 0. The second-order valence-corrected chi connectivity index (χ2v) is 4.72. The van der Waals surface area contributed by atoms with Gasteiger partial charge in [0.05, 0.1) is 0 Å². The Morgan fingerprint density at radius 1 is 1.14 bits per heavy atom. The van der Waals surface area contributed by atoms with E-state index in [1.807, 2.05) is 60.7 Å². The third-order valence-electron chi connectivity index (χ3n) is 2.33. The van der Waals surface area contributed by atoms with Gasteiger partial charge in [0, 0.05) is 0 Å². The zero-order chi connectivity index (χ0) is 15.5. The first-order valence-corrected chi connectivity index (χ1v) is 7.92. The Kier molecular flexibility index (Phi) is 8.61. The zero-order valence-corrected chi connectivity index (χ0v) is 15.0. The number of benzene rings is 2. The van der Waals surface area contributed by atoms with Crippen molar-refractivity contribution in [3.63, 3.8) is 0 Å². The summed E-state index contributed by atoms with van der Waals surface area (Å²) in [5, 5.41) is 14.4. The van der Waals surface area contributed by atoms with Crippen LogP contribution in [0.5, 0.6) is 0 Å². The molecule has 2 aromatic rings. The Morgan fingerprint density at radius 2 is 1.62 bits per heavy atom. The topological polar surface area (TPSA) is 50.7 Å². The van der Waals surface area contributed by atoms with Crippen molar-refractivity contribution < 1.29 is 5.11 Å². The Bertz CT molecular complexity index is 551. The van der Waals surface area contributed by atoms with Crippen LogP contribution in [0.15, 0.2) is 64.4 Å². The summed E-state index contributed by atoms with van der Waals surface area (Å²) in [5.41, 5.74) is 1.91. The first-order chi connectivity index (χ1) is 10.2. The fourth-order valence-electron chi connectivity index (χ4n) is 1.50. The Morgan fingerprint density at radius 3 is 2.10 bits per heavy atom. The van der Waals surface area contributed by atoms with E-state index in [9.17, 15) is 0 Å². The summed E-state index contributed by atoms with van der Waals surface area (Å²) in [6.07, 6.45) is 0. The van der Waals surface area contributed by atoms with Crippen molar-refractivity contribution in [1.82, 2.24) is 0 Å². The van der Waals surface area contributed by atoms with Gasteiger partial charge in [-0.3, -0.25) is 0 Å². The van der Waals surface area contributed by atoms with Gasteiger partial charge in [-0.2, -0.15) is 0 Å². The van der Waals surface area contributed by atoms with Crippen LogP contribution in [-0.4, -0.2) is 30.1 Å². The third kappa shape index (κ3) is 6.22. The quantitative estimate of drug-likeness (QED) is 0.522. The van der Waals surface area contributed by atoms with Gasteiger partial charge in [-0.15, -0.1) is 6.61 Å². The SMILES string of the molecule is CC[O-].S=C(Nc1ccccc1)N([N]=[Ga+])c1ccccc1. The average molecular weight is 356 g/mol. The van der Waals surface area contributed by atoms with E-state index in [4.69, 9.17) is 17.3 Å². The van der Waals surface area contributed by atoms with Crippen LogP contribution in [0.1, 0.15) is 6.92 Å². The van der Waals surface area contributed by atoms with Gasteiger partial charge in [0.25, 0.3) is 0 Å². The Hall–Kier alpha value is -1.47. The molecule has 0 amide bonds. The molecule has 0 aliphatic rings. The minimum atomic E-state index is 0. The molecule has 0 fully saturated rings. The molecule has 6 heteroatoms. The molecule has 0 atom stereocenters. The van der Waals surface area contributed by atoms with E-state index < -0.39 is 0 Å². The van der Waals surface area contributed by atoms with Crippen LogP contribution in [-0.2, 0) is 0 Å². The molecule has 1 N–H and O–H groups in total. The number of hydrogen-bond donors (Lipinski definition) is 1. The average Bonchev–Trinajstić information content (AvgIpc) is 2.51. The van der Waals surface area contributed by atoms with Crippen LogP contribution < -0.4 is 15.4 Å². The van der Waals surface area contributed by atoms with E-state index in [1.165, 1.54) is 18.4 Å². The fraction of sp³-hybridized carbons (Fsp3) is 0.133. The van der Waals surface area contributed by atoms with E-state index in [2.05, 4.69) is 9.07 Å². The number of para-hydroxylation sites is 2. The molecule has 0 bridgehead atoms. The molecule has 4 nitrogen and oxygen atoms in total. The second kappa shape index (κ2) is 10.3. The molecular weight excluding hydrogens is 340 g/mol. The van der Waals surface area contributed by atoms with Gasteiger partial charge in [0.1, 0.15) is 0 Å². The molecule has 2 aromatic carbocycles. The van der Waals surface area contributed by atoms with Crippen molar-refractivity contribution in [1.29, 1.82) is 0 Å². The maximum atomic E-state index is 8.93. The van der Waals surface area contributed by atoms with Gasteiger partial charge in [0.2, 0.25) is 0 Å². The molecule has 0 spiro atoms. The number of nitrogens with zero attached hydrogens (tertiary/aromatic N) is 2. The molecule has 0 aliphatic heterocycles. The van der Waals surface area contributed by atoms with Crippen molar-refractivity contribution in [3.05, 3.63) is 60.7 Å². The van der Waals surface area contributed by atoms with E-state index in [0.29, 0.717) is 5.11 Å². The van der Waals surface area contributed by atoms with Gasteiger partial charge in [0.15, 0.2) is 0 Å². The zero-order valence-electron chi connectivity index (χ0n) is 11.8. The van der Waals surface area contributed by atoms with E-state index in [0.717, 1.165) is 11.4 Å². The van der Waals surface area contributed by atoms with Crippen molar-refractivity contribution in [2.45, 2.75) is 6.92 Å². The fourth-order valence-corrected chi connectivity index (χ4v) is 2.47. The molecule has 0 aromatic heterocycles. The van der Waals surface area contributed by atoms with Crippen LogP contribution in [0.3, 0.4) is 0 Å². The number of nitrogens with one attached hydrogen (secondary N) is 1. The molecule has 0 saturated heterocycles. The number of anilines is 2. The van der Waals surface area contributed by atoms with E-state index in [-0.39, 0.29) is 6.61 Å². The maximum absolute atomic E-state index is 8.93. The van der Waals surface area contributed by atoms with E-state index in [1.54, 1.807) is 11.9 Å². The first-order valence-electron chi connectivity index (χ1n) is 6.43. The van der Waals surface area contributed by atoms with Crippen molar-refractivity contribution in [2.24, 2.45) is 3.76 Å². The summed E-state index contributed by atoms with van der Waals surface area (Å²) < 4.78 is 4.25. The second-order valence-electron chi connectivity index (χ2n) is 3.85. The van der Waals surface area contributed by atoms with Crippen molar-refractivity contribution in [3.8, 4) is 0 Å².